The van der Waals surface area contributed by atoms with Crippen molar-refractivity contribution in [2.45, 2.75) is 22.5 Å². The first-order valence-electron chi connectivity index (χ1n) is 7.47. The van der Waals surface area contributed by atoms with Crippen LogP contribution in [0.3, 0.4) is 0 Å². The highest BCUT2D eigenvalue weighted by atomic mass is 35.5. The number of nitrogens with zero attached hydrogens (tertiary/aromatic N) is 3. The Kier molecular flexibility index (Phi) is 5.03. The summed E-state index contributed by atoms with van der Waals surface area (Å²) in [6, 6.07) is 3.41. The summed E-state index contributed by atoms with van der Waals surface area (Å²) in [5.41, 5.74) is 9.22. The van der Waals surface area contributed by atoms with E-state index in [-0.39, 0.29) is 39.2 Å². The van der Waals surface area contributed by atoms with Crippen molar-refractivity contribution in [3.63, 3.8) is 0 Å². The standard InChI is InChI=1S/C15H8Cl4F3N5O2/c16-6-1-5(29-15(20,21)22)2-7(17)10(6)27-11(24)9(8(3-23)26-27)13(12(25)28)4-14(13,18)19/h1-2H,4,24H2,(H2,25,28). The second-order valence-electron chi connectivity index (χ2n) is 6.07. The fourth-order valence-corrected chi connectivity index (χ4v) is 4.39. The van der Waals surface area contributed by atoms with Crippen LogP contribution in [0.2, 0.25) is 10.0 Å². The molecular weight excluding hydrogens is 481 g/mol. The van der Waals surface area contributed by atoms with E-state index in [0.717, 1.165) is 16.8 Å². The molecule has 29 heavy (non-hydrogen) atoms. The first-order valence-corrected chi connectivity index (χ1v) is 8.98. The van der Waals surface area contributed by atoms with Gasteiger partial charge in [-0.25, -0.2) is 4.68 Å². The number of halogens is 7. The van der Waals surface area contributed by atoms with Crippen molar-refractivity contribution in [3.05, 3.63) is 33.4 Å². The predicted molar refractivity (Wildman–Crippen MR) is 99.3 cm³/mol. The molecule has 154 valence electrons. The number of carbonyl (C=O) groups is 1. The summed E-state index contributed by atoms with van der Waals surface area (Å²) in [6.07, 6.45) is -5.09. The Hall–Kier alpha value is -2.06. The van der Waals surface area contributed by atoms with E-state index in [1.165, 1.54) is 0 Å². The number of amides is 1. The van der Waals surface area contributed by atoms with Crippen molar-refractivity contribution >= 4 is 58.1 Å². The highest BCUT2D eigenvalue weighted by Gasteiger charge is 2.73. The second-order valence-corrected chi connectivity index (χ2v) is 8.36. The molecular formula is C15H8Cl4F3N5O2. The average molecular weight is 489 g/mol. The lowest BCUT2D eigenvalue weighted by Gasteiger charge is -2.16. The lowest BCUT2D eigenvalue weighted by atomic mass is 9.94. The number of carbonyl (C=O) groups excluding carboxylic acids is 1. The monoisotopic (exact) mass is 487 g/mol. The number of anilines is 1. The molecule has 1 unspecified atom stereocenters. The van der Waals surface area contributed by atoms with Gasteiger partial charge in [0, 0.05) is 18.6 Å². The SMILES string of the molecule is N#Cc1nn(-c2c(Cl)cc(OC(F)(F)F)cc2Cl)c(N)c1C1(C(N)=O)CC1(Cl)Cl. The van der Waals surface area contributed by atoms with Crippen molar-refractivity contribution in [3.8, 4) is 17.5 Å². The van der Waals surface area contributed by atoms with Crippen molar-refractivity contribution in [2.75, 3.05) is 5.73 Å². The largest absolute Gasteiger partial charge is 0.573 e. The third-order valence-electron chi connectivity index (χ3n) is 4.30. The quantitative estimate of drug-likeness (QED) is 0.633. The maximum absolute atomic E-state index is 12.4. The Labute approximate surface area is 180 Å². The van der Waals surface area contributed by atoms with Crippen molar-refractivity contribution < 1.29 is 22.7 Å². The van der Waals surface area contributed by atoms with Crippen molar-refractivity contribution in [2.24, 2.45) is 5.73 Å². The van der Waals surface area contributed by atoms with Gasteiger partial charge in [0.15, 0.2) is 5.69 Å². The normalized spacial score (nSPS) is 20.2. The Morgan fingerprint density at radius 3 is 2.21 bits per heavy atom. The van der Waals surface area contributed by atoms with Crippen LogP contribution in [-0.2, 0) is 10.2 Å². The number of hydrogen-bond acceptors (Lipinski definition) is 5. The molecule has 1 saturated carbocycles. The van der Waals surface area contributed by atoms with Gasteiger partial charge in [0.2, 0.25) is 5.91 Å². The average Bonchev–Trinajstić information content (AvgIpc) is 2.98. The van der Waals surface area contributed by atoms with Crippen LogP contribution in [0.25, 0.3) is 5.69 Å². The van der Waals surface area contributed by atoms with E-state index in [9.17, 15) is 23.2 Å². The lowest BCUT2D eigenvalue weighted by molar-refractivity contribution is -0.274. The molecule has 1 atom stereocenters. The first-order chi connectivity index (χ1) is 13.2. The summed E-state index contributed by atoms with van der Waals surface area (Å²) in [5, 5.41) is 12.7. The van der Waals surface area contributed by atoms with E-state index < -0.39 is 27.8 Å². The lowest BCUT2D eigenvalue weighted by Crippen LogP contribution is -2.34. The molecule has 1 aliphatic rings. The predicted octanol–water partition coefficient (Wildman–Crippen LogP) is 3.83. The van der Waals surface area contributed by atoms with Gasteiger partial charge < -0.3 is 16.2 Å². The number of nitrogen functional groups attached to an aromatic ring is 1. The maximum Gasteiger partial charge on any atom is 0.573 e. The molecule has 1 amide bonds. The molecule has 7 nitrogen and oxygen atoms in total. The molecule has 0 bridgehead atoms. The van der Waals surface area contributed by atoms with Gasteiger partial charge in [-0.05, 0) is 0 Å². The summed E-state index contributed by atoms with van der Waals surface area (Å²) >= 11 is 24.3. The van der Waals surface area contributed by atoms with E-state index in [2.05, 4.69) is 9.84 Å². The fourth-order valence-electron chi connectivity index (χ4n) is 2.99. The van der Waals surface area contributed by atoms with Crippen LogP contribution in [0.5, 0.6) is 5.75 Å². The van der Waals surface area contributed by atoms with Gasteiger partial charge in [0.1, 0.15) is 33.1 Å². The minimum absolute atomic E-state index is 0.122. The number of aromatic nitrogens is 2. The van der Waals surface area contributed by atoms with Crippen LogP contribution >= 0.6 is 46.4 Å². The highest BCUT2D eigenvalue weighted by Crippen LogP contribution is 2.66. The molecule has 3 rings (SSSR count). The fraction of sp³-hybridized carbons (Fsp3) is 0.267. The van der Waals surface area contributed by atoms with E-state index in [0.29, 0.717) is 0 Å². The second kappa shape index (κ2) is 6.74. The molecule has 0 aliphatic heterocycles. The number of ether oxygens (including phenoxy) is 1. The highest BCUT2D eigenvalue weighted by molar-refractivity contribution is 6.54. The van der Waals surface area contributed by atoms with Crippen LogP contribution in [0.1, 0.15) is 17.7 Å². The first kappa shape index (κ1) is 21.6. The van der Waals surface area contributed by atoms with Crippen LogP contribution < -0.4 is 16.2 Å². The molecule has 1 heterocycles. The molecule has 4 N–H and O–H groups in total. The number of alkyl halides is 5. The maximum atomic E-state index is 12.4. The van der Waals surface area contributed by atoms with Crippen LogP contribution in [0.15, 0.2) is 12.1 Å². The van der Waals surface area contributed by atoms with Crippen LogP contribution in [-0.4, -0.2) is 26.4 Å². The summed E-state index contributed by atoms with van der Waals surface area (Å²) in [6.45, 7) is 0. The third-order valence-corrected chi connectivity index (χ3v) is 5.79. The summed E-state index contributed by atoms with van der Waals surface area (Å²) in [7, 11) is 0. The smallest absolute Gasteiger partial charge is 0.406 e. The summed E-state index contributed by atoms with van der Waals surface area (Å²) < 4.78 is 40.3. The number of nitriles is 1. The van der Waals surface area contributed by atoms with Crippen LogP contribution in [0, 0.1) is 11.3 Å². The topological polar surface area (TPSA) is 120 Å². The van der Waals surface area contributed by atoms with E-state index in [1.54, 1.807) is 6.07 Å². The van der Waals surface area contributed by atoms with Gasteiger partial charge in [0.25, 0.3) is 0 Å². The van der Waals surface area contributed by atoms with Crippen molar-refractivity contribution in [1.82, 2.24) is 9.78 Å². The van der Waals surface area contributed by atoms with E-state index in [4.69, 9.17) is 57.9 Å². The molecule has 0 saturated heterocycles. The molecule has 1 aromatic heterocycles. The van der Waals surface area contributed by atoms with Gasteiger partial charge in [0.05, 0.1) is 15.6 Å². The molecule has 1 aliphatic carbocycles. The van der Waals surface area contributed by atoms with Gasteiger partial charge in [-0.15, -0.1) is 36.4 Å². The zero-order chi connectivity index (χ0) is 21.9. The third kappa shape index (κ3) is 3.42. The van der Waals surface area contributed by atoms with Gasteiger partial charge in [-0.2, -0.15) is 10.4 Å². The summed E-state index contributed by atoms with van der Waals surface area (Å²) in [5.74, 6) is -1.90. The number of rotatable bonds is 4. The van der Waals surface area contributed by atoms with Gasteiger partial charge in [-0.1, -0.05) is 23.2 Å². The molecule has 2 aromatic rings. The Bertz CT molecular complexity index is 1060. The Balaban J connectivity index is 2.19. The van der Waals surface area contributed by atoms with Gasteiger partial charge >= 0.3 is 6.36 Å². The molecule has 14 heteroatoms. The number of nitrogens with two attached hydrogens (primary N) is 2. The zero-order valence-corrected chi connectivity index (χ0v) is 16.8. The summed E-state index contributed by atoms with van der Waals surface area (Å²) in [4.78, 5) is 12.1. The number of primary amides is 1. The Morgan fingerprint density at radius 1 is 1.31 bits per heavy atom. The molecule has 0 radical (unpaired) electrons. The van der Waals surface area contributed by atoms with Crippen LogP contribution in [0.4, 0.5) is 19.0 Å². The minimum Gasteiger partial charge on any atom is -0.406 e. The zero-order valence-electron chi connectivity index (χ0n) is 13.8. The van der Waals surface area contributed by atoms with E-state index in [1.807, 2.05) is 0 Å². The molecule has 0 spiro atoms. The van der Waals surface area contributed by atoms with Gasteiger partial charge in [-0.3, -0.25) is 4.79 Å². The number of benzene rings is 1. The molecule has 1 fully saturated rings. The van der Waals surface area contributed by atoms with E-state index >= 15 is 0 Å². The minimum atomic E-state index is -4.97. The Morgan fingerprint density at radius 2 is 1.83 bits per heavy atom. The number of hydrogen-bond donors (Lipinski definition) is 2. The molecule has 1 aromatic carbocycles. The van der Waals surface area contributed by atoms with Crippen molar-refractivity contribution in [1.29, 1.82) is 5.26 Å².